The summed E-state index contributed by atoms with van der Waals surface area (Å²) in [7, 11) is 3.96. The molecule has 4 rings (SSSR count). The van der Waals surface area contributed by atoms with Crippen LogP contribution in [-0.2, 0) is 19.6 Å². The SMILES string of the molecule is CCn1c(=O)c(=O)n(Cc2ccc(C(=O)NCc3ccc(N(C)C)cc3)cc2)c2cccnc21. The third kappa shape index (κ3) is 4.61. The zero-order valence-electron chi connectivity index (χ0n) is 19.5. The highest BCUT2D eigenvalue weighted by atomic mass is 16.2. The van der Waals surface area contributed by atoms with Crippen LogP contribution in [0.4, 0.5) is 5.69 Å². The predicted molar refractivity (Wildman–Crippen MR) is 133 cm³/mol. The van der Waals surface area contributed by atoms with Crippen molar-refractivity contribution in [2.24, 2.45) is 0 Å². The van der Waals surface area contributed by atoms with Crippen molar-refractivity contribution in [1.82, 2.24) is 19.4 Å². The van der Waals surface area contributed by atoms with Crippen molar-refractivity contribution < 1.29 is 4.79 Å². The topological polar surface area (TPSA) is 89.2 Å². The number of amides is 1. The Morgan fingerprint density at radius 2 is 1.56 bits per heavy atom. The normalized spacial score (nSPS) is 10.9. The number of pyridine rings is 1. The van der Waals surface area contributed by atoms with E-state index in [9.17, 15) is 14.4 Å². The van der Waals surface area contributed by atoms with Gasteiger partial charge in [-0.3, -0.25) is 23.5 Å². The van der Waals surface area contributed by atoms with Gasteiger partial charge in [0.15, 0.2) is 5.65 Å². The van der Waals surface area contributed by atoms with E-state index in [1.54, 1.807) is 42.6 Å². The van der Waals surface area contributed by atoms with Crippen LogP contribution in [-0.4, -0.2) is 34.1 Å². The van der Waals surface area contributed by atoms with Gasteiger partial charge in [-0.2, -0.15) is 0 Å². The molecule has 4 aromatic rings. The first-order chi connectivity index (χ1) is 16.4. The van der Waals surface area contributed by atoms with Gasteiger partial charge in [0.2, 0.25) is 0 Å². The number of fused-ring (bicyclic) bond motifs is 1. The number of aryl methyl sites for hydroxylation is 1. The number of aromatic nitrogens is 3. The van der Waals surface area contributed by atoms with Crippen molar-refractivity contribution in [1.29, 1.82) is 0 Å². The highest BCUT2D eigenvalue weighted by Crippen LogP contribution is 2.13. The van der Waals surface area contributed by atoms with Crippen LogP contribution >= 0.6 is 0 Å². The number of benzene rings is 2. The summed E-state index contributed by atoms with van der Waals surface area (Å²) in [5.74, 6) is -0.180. The Morgan fingerprint density at radius 1 is 0.912 bits per heavy atom. The third-order valence-electron chi connectivity index (χ3n) is 5.76. The number of anilines is 1. The molecule has 1 N–H and O–H groups in total. The number of nitrogens with zero attached hydrogens (tertiary/aromatic N) is 4. The summed E-state index contributed by atoms with van der Waals surface area (Å²) in [6.45, 7) is 2.81. The van der Waals surface area contributed by atoms with Crippen LogP contribution in [0.25, 0.3) is 11.2 Å². The van der Waals surface area contributed by atoms with Crippen molar-refractivity contribution in [3.63, 3.8) is 0 Å². The lowest BCUT2D eigenvalue weighted by Gasteiger charge is -2.14. The molecule has 2 heterocycles. The van der Waals surface area contributed by atoms with E-state index in [0.717, 1.165) is 16.8 Å². The fourth-order valence-corrected chi connectivity index (χ4v) is 3.83. The number of hydrogen-bond donors (Lipinski definition) is 1. The highest BCUT2D eigenvalue weighted by Gasteiger charge is 2.13. The quantitative estimate of drug-likeness (QED) is 0.431. The first-order valence-electron chi connectivity index (χ1n) is 11.1. The molecule has 2 aromatic carbocycles. The molecule has 0 spiro atoms. The lowest BCUT2D eigenvalue weighted by molar-refractivity contribution is 0.0951. The van der Waals surface area contributed by atoms with E-state index in [-0.39, 0.29) is 12.5 Å². The summed E-state index contributed by atoms with van der Waals surface area (Å²) in [6, 6.07) is 18.5. The largest absolute Gasteiger partial charge is 0.378 e. The fourth-order valence-electron chi connectivity index (χ4n) is 3.83. The molecule has 0 atom stereocenters. The summed E-state index contributed by atoms with van der Waals surface area (Å²) in [6.07, 6.45) is 1.60. The molecule has 8 heteroatoms. The Kier molecular flexibility index (Phi) is 6.58. The maximum Gasteiger partial charge on any atom is 0.318 e. The molecular weight excluding hydrogens is 430 g/mol. The Morgan fingerprint density at radius 3 is 2.21 bits per heavy atom. The van der Waals surface area contributed by atoms with Crippen LogP contribution in [0.5, 0.6) is 0 Å². The summed E-state index contributed by atoms with van der Waals surface area (Å²) >= 11 is 0. The molecule has 0 aliphatic heterocycles. The summed E-state index contributed by atoms with van der Waals surface area (Å²) < 4.78 is 2.82. The molecule has 0 saturated carbocycles. The molecule has 0 fully saturated rings. The average molecular weight is 458 g/mol. The average Bonchev–Trinajstić information content (AvgIpc) is 2.86. The maximum absolute atomic E-state index is 12.8. The summed E-state index contributed by atoms with van der Waals surface area (Å²) in [5, 5.41) is 2.93. The van der Waals surface area contributed by atoms with Crippen molar-refractivity contribution in [3.05, 3.63) is 104 Å². The van der Waals surface area contributed by atoms with Crippen LogP contribution in [0, 0.1) is 0 Å². The van der Waals surface area contributed by atoms with E-state index in [1.165, 1.54) is 9.13 Å². The third-order valence-corrected chi connectivity index (χ3v) is 5.76. The molecule has 2 aromatic heterocycles. The van der Waals surface area contributed by atoms with Crippen molar-refractivity contribution in [2.75, 3.05) is 19.0 Å². The van der Waals surface area contributed by atoms with E-state index < -0.39 is 11.1 Å². The van der Waals surface area contributed by atoms with Crippen LogP contribution < -0.4 is 21.3 Å². The molecular formula is C26H27N5O3. The van der Waals surface area contributed by atoms with Crippen LogP contribution in [0.2, 0.25) is 0 Å². The first-order valence-corrected chi connectivity index (χ1v) is 11.1. The van der Waals surface area contributed by atoms with Gasteiger partial charge in [-0.1, -0.05) is 24.3 Å². The summed E-state index contributed by atoms with van der Waals surface area (Å²) in [5.41, 5.74) is 3.32. The van der Waals surface area contributed by atoms with Gasteiger partial charge in [0.1, 0.15) is 0 Å². The van der Waals surface area contributed by atoms with Crippen LogP contribution in [0.1, 0.15) is 28.4 Å². The Bertz CT molecular complexity index is 1440. The standard InChI is InChI=1S/C26H27N5O3/c1-4-30-23-22(6-5-15-27-23)31(26(34)25(30)33)17-19-7-11-20(12-8-19)24(32)28-16-18-9-13-21(14-10-18)29(2)3/h5-15H,4,16-17H2,1-3H3,(H,28,32). The van der Waals surface area contributed by atoms with Crippen molar-refractivity contribution >= 4 is 22.8 Å². The Hall–Kier alpha value is -4.20. The highest BCUT2D eigenvalue weighted by molar-refractivity contribution is 5.94. The van der Waals surface area contributed by atoms with Gasteiger partial charge in [0.05, 0.1) is 12.1 Å². The van der Waals surface area contributed by atoms with Gasteiger partial charge in [-0.05, 0) is 54.4 Å². The second kappa shape index (κ2) is 9.74. The maximum atomic E-state index is 12.8. The van der Waals surface area contributed by atoms with Gasteiger partial charge in [-0.15, -0.1) is 0 Å². The number of carbonyl (C=O) groups excluding carboxylic acids is 1. The van der Waals surface area contributed by atoms with Gasteiger partial charge in [-0.25, -0.2) is 4.98 Å². The lowest BCUT2D eigenvalue weighted by atomic mass is 10.1. The Balaban J connectivity index is 1.50. The van der Waals surface area contributed by atoms with E-state index in [1.807, 2.05) is 50.2 Å². The molecule has 0 bridgehead atoms. The monoisotopic (exact) mass is 457 g/mol. The molecule has 0 saturated heterocycles. The molecule has 1 amide bonds. The van der Waals surface area contributed by atoms with E-state index in [2.05, 4.69) is 10.3 Å². The Labute approximate surface area is 197 Å². The van der Waals surface area contributed by atoms with E-state index in [0.29, 0.717) is 29.8 Å². The lowest BCUT2D eigenvalue weighted by Crippen LogP contribution is -2.41. The number of rotatable bonds is 7. The molecule has 34 heavy (non-hydrogen) atoms. The molecule has 0 unspecified atom stereocenters. The van der Waals surface area contributed by atoms with E-state index in [4.69, 9.17) is 0 Å². The minimum atomic E-state index is -0.594. The number of carbonyl (C=O) groups is 1. The van der Waals surface area contributed by atoms with Crippen molar-refractivity contribution in [3.8, 4) is 0 Å². The second-order valence-corrected chi connectivity index (χ2v) is 8.23. The van der Waals surface area contributed by atoms with Crippen LogP contribution in [0.3, 0.4) is 0 Å². The van der Waals surface area contributed by atoms with E-state index >= 15 is 0 Å². The number of nitrogens with one attached hydrogen (secondary N) is 1. The second-order valence-electron chi connectivity index (χ2n) is 8.23. The fraction of sp³-hybridized carbons (Fsp3) is 0.231. The van der Waals surface area contributed by atoms with Crippen molar-refractivity contribution in [2.45, 2.75) is 26.6 Å². The first kappa shape index (κ1) is 23.0. The van der Waals surface area contributed by atoms with Gasteiger partial charge in [0, 0.05) is 44.6 Å². The van der Waals surface area contributed by atoms with Crippen LogP contribution in [0.15, 0.2) is 76.4 Å². The molecule has 0 aliphatic rings. The molecule has 0 radical (unpaired) electrons. The minimum absolute atomic E-state index is 0.180. The molecule has 8 nitrogen and oxygen atoms in total. The van der Waals surface area contributed by atoms with Gasteiger partial charge >= 0.3 is 11.1 Å². The molecule has 174 valence electrons. The predicted octanol–water partition coefficient (Wildman–Crippen LogP) is 2.62. The zero-order chi connectivity index (χ0) is 24.2. The zero-order valence-corrected chi connectivity index (χ0v) is 19.5. The number of hydrogen-bond acceptors (Lipinski definition) is 5. The summed E-state index contributed by atoms with van der Waals surface area (Å²) in [4.78, 5) is 44.2. The van der Waals surface area contributed by atoms with Gasteiger partial charge in [0.25, 0.3) is 5.91 Å². The minimum Gasteiger partial charge on any atom is -0.378 e. The smallest absolute Gasteiger partial charge is 0.318 e. The van der Waals surface area contributed by atoms with Gasteiger partial charge < -0.3 is 10.2 Å². The molecule has 0 aliphatic carbocycles.